The summed E-state index contributed by atoms with van der Waals surface area (Å²) in [5, 5.41) is 12.1. The van der Waals surface area contributed by atoms with Crippen LogP contribution in [0.4, 0.5) is 0 Å². The summed E-state index contributed by atoms with van der Waals surface area (Å²) in [5.41, 5.74) is 0. The quantitative estimate of drug-likeness (QED) is 0.710. The third-order valence-corrected chi connectivity index (χ3v) is 2.87. The number of nitrogens with zero attached hydrogens (tertiary/aromatic N) is 1. The monoisotopic (exact) mass is 214 g/mol. The molecule has 0 amide bonds. The molecule has 0 saturated carbocycles. The second-order valence-corrected chi connectivity index (χ2v) is 4.50. The number of carboxylic acids is 1. The van der Waals surface area contributed by atoms with Crippen molar-refractivity contribution in [3.8, 4) is 0 Å². The van der Waals surface area contributed by atoms with Gasteiger partial charge in [0.1, 0.15) is 0 Å². The summed E-state index contributed by atoms with van der Waals surface area (Å²) in [5.74, 6) is -0.0372. The van der Waals surface area contributed by atoms with Crippen LogP contribution in [0.2, 0.25) is 0 Å². The van der Waals surface area contributed by atoms with Crippen molar-refractivity contribution in [2.45, 2.75) is 32.7 Å². The Morgan fingerprint density at radius 2 is 2.27 bits per heavy atom. The molecule has 0 aromatic rings. The Morgan fingerprint density at radius 1 is 1.53 bits per heavy atom. The van der Waals surface area contributed by atoms with E-state index in [2.05, 4.69) is 24.1 Å². The van der Waals surface area contributed by atoms with Gasteiger partial charge in [-0.2, -0.15) is 0 Å². The maximum atomic E-state index is 10.5. The van der Waals surface area contributed by atoms with Crippen LogP contribution in [0.15, 0.2) is 0 Å². The molecule has 1 saturated heterocycles. The zero-order valence-corrected chi connectivity index (χ0v) is 9.70. The van der Waals surface area contributed by atoms with Crippen LogP contribution in [-0.2, 0) is 4.79 Å². The second-order valence-electron chi connectivity index (χ2n) is 4.50. The van der Waals surface area contributed by atoms with Crippen molar-refractivity contribution in [1.82, 2.24) is 10.2 Å². The molecule has 0 aromatic carbocycles. The number of nitrogens with one attached hydrogen (secondary N) is 1. The van der Waals surface area contributed by atoms with Crippen molar-refractivity contribution in [3.63, 3.8) is 0 Å². The van der Waals surface area contributed by atoms with E-state index in [0.29, 0.717) is 18.5 Å². The van der Waals surface area contributed by atoms with Gasteiger partial charge in [0.05, 0.1) is 6.42 Å². The normalized spacial score (nSPS) is 27.9. The average molecular weight is 214 g/mol. The van der Waals surface area contributed by atoms with Crippen molar-refractivity contribution in [3.05, 3.63) is 0 Å². The number of rotatable bonds is 5. The van der Waals surface area contributed by atoms with Gasteiger partial charge in [-0.25, -0.2) is 0 Å². The third-order valence-electron chi connectivity index (χ3n) is 2.87. The van der Waals surface area contributed by atoms with E-state index in [9.17, 15) is 4.79 Å². The highest BCUT2D eigenvalue weighted by atomic mass is 16.4. The lowest BCUT2D eigenvalue weighted by Crippen LogP contribution is -2.49. The maximum Gasteiger partial charge on any atom is 0.304 e. The van der Waals surface area contributed by atoms with Crippen molar-refractivity contribution in [2.24, 2.45) is 5.92 Å². The van der Waals surface area contributed by atoms with E-state index in [0.717, 1.165) is 19.6 Å². The maximum absolute atomic E-state index is 10.5. The fraction of sp³-hybridized carbons (Fsp3) is 0.909. The minimum Gasteiger partial charge on any atom is -0.481 e. The number of aliphatic carboxylic acids is 1. The summed E-state index contributed by atoms with van der Waals surface area (Å²) in [6.45, 7) is 8.05. The average Bonchev–Trinajstić information content (AvgIpc) is 2.14. The number of likely N-dealkylation sites (N-methyl/N-ethyl adjacent to an activating group) is 1. The summed E-state index contributed by atoms with van der Waals surface area (Å²) in [6, 6.07) is 0.535. The third kappa shape index (κ3) is 4.62. The summed E-state index contributed by atoms with van der Waals surface area (Å²) in [7, 11) is 0. The molecule has 1 fully saturated rings. The Labute approximate surface area is 91.6 Å². The standard InChI is InChI=1S/C11H22N2O2/c1-3-12-10-6-9(2)7-13(8-10)5-4-11(14)15/h9-10,12H,3-8H2,1-2H3,(H,14,15). The number of carbonyl (C=O) groups is 1. The number of hydrogen-bond acceptors (Lipinski definition) is 3. The first-order chi connectivity index (χ1) is 7.11. The highest BCUT2D eigenvalue weighted by Crippen LogP contribution is 2.16. The van der Waals surface area contributed by atoms with Gasteiger partial charge >= 0.3 is 5.97 Å². The minimum atomic E-state index is -0.701. The zero-order chi connectivity index (χ0) is 11.3. The molecular weight excluding hydrogens is 192 g/mol. The van der Waals surface area contributed by atoms with Crippen LogP contribution in [0.5, 0.6) is 0 Å². The molecule has 0 aromatic heterocycles. The highest BCUT2D eigenvalue weighted by Gasteiger charge is 2.23. The van der Waals surface area contributed by atoms with Gasteiger partial charge in [-0.05, 0) is 18.9 Å². The fourth-order valence-corrected chi connectivity index (χ4v) is 2.33. The molecule has 1 rings (SSSR count). The molecule has 1 heterocycles. The molecule has 2 unspecified atom stereocenters. The van der Waals surface area contributed by atoms with E-state index in [4.69, 9.17) is 5.11 Å². The lowest BCUT2D eigenvalue weighted by atomic mass is 9.96. The lowest BCUT2D eigenvalue weighted by molar-refractivity contribution is -0.137. The Balaban J connectivity index is 2.34. The van der Waals surface area contributed by atoms with Crippen LogP contribution in [0.3, 0.4) is 0 Å². The van der Waals surface area contributed by atoms with Crippen LogP contribution in [0.1, 0.15) is 26.7 Å². The molecule has 1 aliphatic rings. The van der Waals surface area contributed by atoms with Crippen LogP contribution in [-0.4, -0.2) is 48.2 Å². The summed E-state index contributed by atoms with van der Waals surface area (Å²) in [6.07, 6.45) is 1.46. The topological polar surface area (TPSA) is 52.6 Å². The van der Waals surface area contributed by atoms with Crippen LogP contribution >= 0.6 is 0 Å². The van der Waals surface area contributed by atoms with Crippen molar-refractivity contribution in [2.75, 3.05) is 26.2 Å². The Hall–Kier alpha value is -0.610. The van der Waals surface area contributed by atoms with Gasteiger partial charge in [0.15, 0.2) is 0 Å². The summed E-state index contributed by atoms with van der Waals surface area (Å²) < 4.78 is 0. The molecule has 0 radical (unpaired) electrons. The number of likely N-dealkylation sites (tertiary alicyclic amines) is 1. The molecule has 0 aliphatic carbocycles. The molecule has 88 valence electrons. The first kappa shape index (κ1) is 12.5. The van der Waals surface area contributed by atoms with Gasteiger partial charge in [0, 0.05) is 25.7 Å². The molecule has 2 N–H and O–H groups in total. The van der Waals surface area contributed by atoms with Gasteiger partial charge in [0.2, 0.25) is 0 Å². The Kier molecular flexibility index (Phi) is 5.05. The lowest BCUT2D eigenvalue weighted by Gasteiger charge is -2.36. The van der Waals surface area contributed by atoms with E-state index in [1.807, 2.05) is 0 Å². The van der Waals surface area contributed by atoms with Gasteiger partial charge in [0.25, 0.3) is 0 Å². The van der Waals surface area contributed by atoms with E-state index in [1.165, 1.54) is 6.42 Å². The second kappa shape index (κ2) is 6.08. The first-order valence-corrected chi connectivity index (χ1v) is 5.79. The predicted molar refractivity (Wildman–Crippen MR) is 59.9 cm³/mol. The molecule has 4 heteroatoms. The van der Waals surface area contributed by atoms with Crippen LogP contribution in [0, 0.1) is 5.92 Å². The van der Waals surface area contributed by atoms with E-state index in [-0.39, 0.29) is 6.42 Å². The molecule has 15 heavy (non-hydrogen) atoms. The Morgan fingerprint density at radius 3 is 2.87 bits per heavy atom. The fourth-order valence-electron chi connectivity index (χ4n) is 2.33. The largest absolute Gasteiger partial charge is 0.481 e. The molecule has 0 spiro atoms. The molecule has 4 nitrogen and oxygen atoms in total. The van der Waals surface area contributed by atoms with Gasteiger partial charge in [-0.1, -0.05) is 13.8 Å². The van der Waals surface area contributed by atoms with Crippen LogP contribution in [0.25, 0.3) is 0 Å². The van der Waals surface area contributed by atoms with Gasteiger partial charge in [-0.15, -0.1) is 0 Å². The SMILES string of the molecule is CCNC1CC(C)CN(CCC(=O)O)C1. The van der Waals surface area contributed by atoms with Gasteiger partial charge in [-0.3, -0.25) is 4.79 Å². The van der Waals surface area contributed by atoms with Crippen molar-refractivity contribution >= 4 is 5.97 Å². The zero-order valence-electron chi connectivity index (χ0n) is 9.70. The highest BCUT2D eigenvalue weighted by molar-refractivity contribution is 5.66. The first-order valence-electron chi connectivity index (χ1n) is 5.79. The predicted octanol–water partition coefficient (Wildman–Crippen LogP) is 0.781. The Bertz CT molecular complexity index is 209. The smallest absolute Gasteiger partial charge is 0.304 e. The van der Waals surface area contributed by atoms with Crippen molar-refractivity contribution < 1.29 is 9.90 Å². The van der Waals surface area contributed by atoms with Crippen molar-refractivity contribution in [1.29, 1.82) is 0 Å². The van der Waals surface area contributed by atoms with Gasteiger partial charge < -0.3 is 15.3 Å². The molecular formula is C11H22N2O2. The minimum absolute atomic E-state index is 0.256. The number of carboxylic acid groups (broad SMARTS) is 1. The van der Waals surface area contributed by atoms with E-state index >= 15 is 0 Å². The molecule has 2 atom stereocenters. The summed E-state index contributed by atoms with van der Waals surface area (Å²) in [4.78, 5) is 12.7. The van der Waals surface area contributed by atoms with Crippen LogP contribution < -0.4 is 5.32 Å². The summed E-state index contributed by atoms with van der Waals surface area (Å²) >= 11 is 0. The molecule has 0 bridgehead atoms. The molecule has 1 aliphatic heterocycles. The number of hydrogen-bond donors (Lipinski definition) is 2. The van der Waals surface area contributed by atoms with E-state index in [1.54, 1.807) is 0 Å². The van der Waals surface area contributed by atoms with E-state index < -0.39 is 5.97 Å². The number of piperidine rings is 1.